The molecule has 2 aromatic carbocycles. The van der Waals surface area contributed by atoms with E-state index in [1.807, 2.05) is 53.7 Å². The van der Waals surface area contributed by atoms with Gasteiger partial charge >= 0.3 is 11.4 Å². The molecule has 0 saturated heterocycles. The average molecular weight is 461 g/mol. The van der Waals surface area contributed by atoms with Crippen LogP contribution in [0.5, 0.6) is 11.5 Å². The zero-order valence-electron chi connectivity index (χ0n) is 19.4. The van der Waals surface area contributed by atoms with Crippen molar-refractivity contribution in [2.45, 2.75) is 58.8 Å². The fraction of sp³-hybridized carbons (Fsp3) is 0.455. The van der Waals surface area contributed by atoms with Crippen LogP contribution >= 0.6 is 0 Å². The third-order valence-corrected chi connectivity index (χ3v) is 5.06. The second kappa shape index (κ2) is 9.00. The molecule has 0 aromatic heterocycles. The molecule has 11 nitrogen and oxygen atoms in total. The van der Waals surface area contributed by atoms with Crippen molar-refractivity contribution in [1.82, 2.24) is 0 Å². The molecule has 0 heterocycles. The number of benzene rings is 2. The van der Waals surface area contributed by atoms with Gasteiger partial charge < -0.3 is 9.84 Å². The van der Waals surface area contributed by atoms with E-state index in [1.165, 1.54) is 0 Å². The zero-order chi connectivity index (χ0) is 25.3. The Kier molecular flexibility index (Phi) is 6.96. The van der Waals surface area contributed by atoms with Gasteiger partial charge in [-0.3, -0.25) is 30.3 Å². The van der Waals surface area contributed by atoms with Crippen molar-refractivity contribution in [3.63, 3.8) is 0 Å². The number of rotatable bonds is 7. The molecule has 0 unspecified atom stereocenters. The first-order valence-corrected chi connectivity index (χ1v) is 10.1. The van der Waals surface area contributed by atoms with Crippen molar-refractivity contribution < 1.29 is 24.6 Å². The van der Waals surface area contributed by atoms with E-state index < -0.39 is 37.6 Å². The number of hydrogen-bond donors (Lipinski definition) is 1. The molecule has 0 aliphatic carbocycles. The Labute approximate surface area is 190 Å². The van der Waals surface area contributed by atoms with Crippen molar-refractivity contribution >= 4 is 17.1 Å². The van der Waals surface area contributed by atoms with Crippen LogP contribution < -0.4 is 4.74 Å². The molecule has 0 amide bonds. The van der Waals surface area contributed by atoms with Crippen LogP contribution in [-0.2, 0) is 17.3 Å². The molecule has 2 aromatic rings. The highest BCUT2D eigenvalue weighted by atomic mass is 16.6. The van der Waals surface area contributed by atoms with Crippen LogP contribution in [0.2, 0.25) is 0 Å². The van der Waals surface area contributed by atoms with Gasteiger partial charge in [-0.15, -0.1) is 0 Å². The summed E-state index contributed by atoms with van der Waals surface area (Å²) in [5, 5.41) is 44.6. The minimum absolute atomic E-state index is 0.155. The van der Waals surface area contributed by atoms with Gasteiger partial charge in [-0.2, -0.15) is 0 Å². The molecule has 0 aliphatic heterocycles. The minimum Gasteiger partial charge on any atom is -0.507 e. The number of non-ortho nitro benzene ring substituents is 1. The number of nitro groups is 3. The van der Waals surface area contributed by atoms with Gasteiger partial charge in [0.1, 0.15) is 5.75 Å². The monoisotopic (exact) mass is 461 g/mol. The molecule has 0 saturated carbocycles. The summed E-state index contributed by atoms with van der Waals surface area (Å²) < 4.78 is 5.44. The van der Waals surface area contributed by atoms with Crippen LogP contribution in [0.1, 0.15) is 58.2 Å². The second-order valence-electron chi connectivity index (χ2n) is 9.72. The zero-order valence-corrected chi connectivity index (χ0v) is 19.4. The van der Waals surface area contributed by atoms with E-state index in [0.29, 0.717) is 12.1 Å². The van der Waals surface area contributed by atoms with Gasteiger partial charge in [0.15, 0.2) is 0 Å². The molecule has 0 radical (unpaired) electrons. The van der Waals surface area contributed by atoms with Crippen molar-refractivity contribution in [3.8, 4) is 11.5 Å². The Bertz CT molecular complexity index is 1040. The Hall–Kier alpha value is -3.76. The molecule has 1 N–H and O–H groups in total. The molecule has 0 bridgehead atoms. The Morgan fingerprint density at radius 1 is 0.788 bits per heavy atom. The summed E-state index contributed by atoms with van der Waals surface area (Å²) in [6.45, 7) is 11.6. The van der Waals surface area contributed by atoms with Crippen LogP contribution in [0.15, 0.2) is 24.3 Å². The predicted octanol–water partition coefficient (Wildman–Crippen LogP) is 5.33. The molecule has 178 valence electrons. The van der Waals surface area contributed by atoms with Gasteiger partial charge in [0, 0.05) is 6.42 Å². The number of aromatic hydroxyl groups is 1. The van der Waals surface area contributed by atoms with Gasteiger partial charge in [-0.05, 0) is 27.5 Å². The lowest BCUT2D eigenvalue weighted by atomic mass is 9.78. The molecule has 33 heavy (non-hydrogen) atoms. The maximum atomic E-state index is 11.4. The quantitative estimate of drug-likeness (QED) is 0.427. The standard InChI is InChI=1S/C22H27N3O8/c1-21(2,3)15-9-13(10-16(19(15)26)22(4,5)6)7-8-33-20-17(24(29)30)11-14(23(27)28)12-18(20)25(31)32/h9-12,26H,7-8H2,1-6H3. The summed E-state index contributed by atoms with van der Waals surface area (Å²) in [6, 6.07) is 4.90. The first-order valence-electron chi connectivity index (χ1n) is 10.1. The maximum absolute atomic E-state index is 11.4. The molecular formula is C22H27N3O8. The van der Waals surface area contributed by atoms with Crippen LogP contribution in [-0.4, -0.2) is 26.5 Å². The molecule has 0 aliphatic rings. The molecule has 0 spiro atoms. The number of ether oxygens (including phenoxy) is 1. The van der Waals surface area contributed by atoms with E-state index in [1.54, 1.807) is 0 Å². The summed E-state index contributed by atoms with van der Waals surface area (Å²) in [5.74, 6) is -0.442. The average Bonchev–Trinajstić information content (AvgIpc) is 2.66. The van der Waals surface area contributed by atoms with Crippen LogP contribution in [0.4, 0.5) is 17.1 Å². The van der Waals surface area contributed by atoms with Gasteiger partial charge in [-0.1, -0.05) is 53.7 Å². The molecule has 0 fully saturated rings. The summed E-state index contributed by atoms with van der Waals surface area (Å²) in [6.07, 6.45) is 0.234. The predicted molar refractivity (Wildman–Crippen MR) is 121 cm³/mol. The lowest BCUT2D eigenvalue weighted by Gasteiger charge is -2.28. The summed E-state index contributed by atoms with van der Waals surface area (Å²) in [5.41, 5.74) is -0.999. The number of phenolic OH excluding ortho intramolecular Hbond substituents is 1. The van der Waals surface area contributed by atoms with Gasteiger partial charge in [0.05, 0.1) is 33.5 Å². The Balaban J connectivity index is 2.46. The molecule has 11 heteroatoms. The summed E-state index contributed by atoms with van der Waals surface area (Å²) >= 11 is 0. The summed E-state index contributed by atoms with van der Waals surface area (Å²) in [4.78, 5) is 31.0. The lowest BCUT2D eigenvalue weighted by molar-refractivity contribution is -0.404. The van der Waals surface area contributed by atoms with Crippen LogP contribution in [0.25, 0.3) is 0 Å². The van der Waals surface area contributed by atoms with Gasteiger partial charge in [-0.25, -0.2) is 0 Å². The number of phenols is 1. The fourth-order valence-corrected chi connectivity index (χ4v) is 3.36. The normalized spacial score (nSPS) is 11.8. The smallest absolute Gasteiger partial charge is 0.325 e. The Morgan fingerprint density at radius 3 is 1.55 bits per heavy atom. The largest absolute Gasteiger partial charge is 0.507 e. The highest BCUT2D eigenvalue weighted by Crippen LogP contribution is 2.42. The highest BCUT2D eigenvalue weighted by molar-refractivity contribution is 5.65. The summed E-state index contributed by atoms with van der Waals surface area (Å²) in [7, 11) is 0. The highest BCUT2D eigenvalue weighted by Gasteiger charge is 2.32. The van der Waals surface area contributed by atoms with Gasteiger partial charge in [0.25, 0.3) is 11.4 Å². The van der Waals surface area contributed by atoms with Crippen molar-refractivity contribution in [2.75, 3.05) is 6.61 Å². The first kappa shape index (κ1) is 25.5. The van der Waals surface area contributed by atoms with E-state index in [0.717, 1.165) is 16.7 Å². The fourth-order valence-electron chi connectivity index (χ4n) is 3.36. The van der Waals surface area contributed by atoms with Crippen LogP contribution in [0, 0.1) is 30.3 Å². The van der Waals surface area contributed by atoms with Gasteiger partial charge in [0.2, 0.25) is 0 Å². The van der Waals surface area contributed by atoms with E-state index in [9.17, 15) is 35.4 Å². The van der Waals surface area contributed by atoms with E-state index >= 15 is 0 Å². The Morgan fingerprint density at radius 2 is 1.21 bits per heavy atom. The number of hydrogen-bond acceptors (Lipinski definition) is 8. The van der Waals surface area contributed by atoms with E-state index in [-0.39, 0.29) is 29.6 Å². The van der Waals surface area contributed by atoms with Crippen molar-refractivity contribution in [1.29, 1.82) is 0 Å². The van der Waals surface area contributed by atoms with E-state index in [4.69, 9.17) is 4.74 Å². The third-order valence-electron chi connectivity index (χ3n) is 5.06. The third kappa shape index (κ3) is 5.73. The lowest BCUT2D eigenvalue weighted by Crippen LogP contribution is -2.18. The minimum atomic E-state index is -0.953. The second-order valence-corrected chi connectivity index (χ2v) is 9.72. The SMILES string of the molecule is CC(C)(C)c1cc(CCOc2c([N+](=O)[O-])cc([N+](=O)[O-])cc2[N+](=O)[O-])cc(C(C)(C)C)c1O. The maximum Gasteiger partial charge on any atom is 0.325 e. The van der Waals surface area contributed by atoms with E-state index in [2.05, 4.69) is 0 Å². The number of nitro benzene ring substituents is 3. The molecule has 2 rings (SSSR count). The molecular weight excluding hydrogens is 434 g/mol. The van der Waals surface area contributed by atoms with Crippen molar-refractivity contribution in [3.05, 3.63) is 71.3 Å². The van der Waals surface area contributed by atoms with Crippen molar-refractivity contribution in [2.24, 2.45) is 0 Å². The topological polar surface area (TPSA) is 159 Å². The molecule has 0 atom stereocenters. The van der Waals surface area contributed by atoms with Crippen LogP contribution in [0.3, 0.4) is 0 Å². The number of nitrogens with zero attached hydrogens (tertiary/aromatic N) is 3. The first-order chi connectivity index (χ1) is 15.0.